The van der Waals surface area contributed by atoms with Crippen LogP contribution in [0.25, 0.3) is 5.52 Å². The first-order valence-electron chi connectivity index (χ1n) is 9.08. The van der Waals surface area contributed by atoms with E-state index >= 15 is 0 Å². The van der Waals surface area contributed by atoms with Crippen LogP contribution >= 0.6 is 0 Å². The highest BCUT2D eigenvalue weighted by molar-refractivity contribution is 5.65. The number of ether oxygens (including phenoxy) is 3. The van der Waals surface area contributed by atoms with E-state index in [1.165, 1.54) is 23.2 Å². The van der Waals surface area contributed by atoms with E-state index in [1.54, 1.807) is 25.1 Å². The van der Waals surface area contributed by atoms with E-state index in [-0.39, 0.29) is 19.0 Å². The van der Waals surface area contributed by atoms with Gasteiger partial charge in [0.15, 0.2) is 24.4 Å². The van der Waals surface area contributed by atoms with Crippen LogP contribution in [-0.4, -0.2) is 65.9 Å². The third-order valence-electron chi connectivity index (χ3n) is 4.99. The highest BCUT2D eigenvalue weighted by atomic mass is 16.7. The molecule has 3 aromatic rings. The van der Waals surface area contributed by atoms with E-state index < -0.39 is 30.1 Å². The fourth-order valence-corrected chi connectivity index (χ4v) is 3.31. The van der Waals surface area contributed by atoms with E-state index in [2.05, 4.69) is 20.1 Å². The molecule has 0 aliphatic carbocycles. The van der Waals surface area contributed by atoms with E-state index in [4.69, 9.17) is 19.9 Å². The number of aromatic nitrogens is 5. The Labute approximate surface area is 170 Å². The maximum atomic E-state index is 12.0. The van der Waals surface area contributed by atoms with E-state index in [1.807, 2.05) is 0 Å². The molecule has 30 heavy (non-hydrogen) atoms. The summed E-state index contributed by atoms with van der Waals surface area (Å²) in [5.41, 5.74) is 5.50. The Balaban J connectivity index is 1.45. The monoisotopic (exact) mass is 416 g/mol. The van der Waals surface area contributed by atoms with Gasteiger partial charge in [0.05, 0.1) is 12.3 Å². The molecule has 0 aromatic carbocycles. The Morgan fingerprint density at radius 3 is 2.87 bits per heavy atom. The molecular formula is C18H20N6O6. The van der Waals surface area contributed by atoms with Crippen LogP contribution in [-0.2, 0) is 26.4 Å². The molecule has 1 aliphatic rings. The maximum absolute atomic E-state index is 12.0. The lowest BCUT2D eigenvalue weighted by atomic mass is 9.86. The average molecular weight is 416 g/mol. The molecular weight excluding hydrogens is 396 g/mol. The van der Waals surface area contributed by atoms with Crippen molar-refractivity contribution in [2.45, 2.75) is 37.4 Å². The van der Waals surface area contributed by atoms with Crippen LogP contribution in [0.1, 0.15) is 18.4 Å². The Morgan fingerprint density at radius 2 is 2.10 bits per heavy atom. The zero-order chi connectivity index (χ0) is 21.3. The number of carbonyl (C=O) groups excluding carboxylic acids is 1. The molecule has 12 heteroatoms. The van der Waals surface area contributed by atoms with Crippen molar-refractivity contribution in [2.75, 3.05) is 12.3 Å². The first-order chi connectivity index (χ1) is 14.4. The van der Waals surface area contributed by atoms with Gasteiger partial charge < -0.3 is 30.2 Å². The second-order valence-electron chi connectivity index (χ2n) is 6.87. The van der Waals surface area contributed by atoms with Crippen molar-refractivity contribution in [1.29, 1.82) is 0 Å². The Bertz CT molecular complexity index is 1050. The molecule has 158 valence electrons. The molecule has 1 fully saturated rings. The van der Waals surface area contributed by atoms with Gasteiger partial charge in [-0.1, -0.05) is 0 Å². The number of nitrogens with two attached hydrogens (primary N) is 1. The van der Waals surface area contributed by atoms with Crippen LogP contribution in [0.3, 0.4) is 0 Å². The predicted octanol–water partition coefficient (Wildman–Crippen LogP) is -0.209. The molecule has 0 amide bonds. The molecule has 0 bridgehead atoms. The lowest BCUT2D eigenvalue weighted by Crippen LogP contribution is -2.59. The van der Waals surface area contributed by atoms with Gasteiger partial charge in [-0.2, -0.15) is 5.10 Å². The van der Waals surface area contributed by atoms with Gasteiger partial charge >= 0.3 is 6.16 Å². The molecule has 0 radical (unpaired) electrons. The zero-order valence-corrected chi connectivity index (χ0v) is 16.0. The van der Waals surface area contributed by atoms with Crippen LogP contribution in [0, 0.1) is 0 Å². The van der Waals surface area contributed by atoms with Gasteiger partial charge in [0, 0.05) is 12.4 Å². The number of aliphatic hydroxyl groups excluding tert-OH is 2. The van der Waals surface area contributed by atoms with Crippen LogP contribution in [0.15, 0.2) is 36.9 Å². The molecule has 4 N–H and O–H groups in total. The van der Waals surface area contributed by atoms with Gasteiger partial charge in [-0.15, -0.1) is 0 Å². The number of anilines is 1. The normalized spacial score (nSPS) is 26.4. The van der Waals surface area contributed by atoms with E-state index in [0.717, 1.165) is 0 Å². The summed E-state index contributed by atoms with van der Waals surface area (Å²) in [5, 5.41) is 25.5. The number of aliphatic hydroxyl groups is 2. The maximum Gasteiger partial charge on any atom is 0.509 e. The van der Waals surface area contributed by atoms with Crippen LogP contribution in [0.2, 0.25) is 0 Å². The van der Waals surface area contributed by atoms with Crippen LogP contribution in [0.4, 0.5) is 10.6 Å². The summed E-state index contributed by atoms with van der Waals surface area (Å²) in [4.78, 5) is 23.7. The largest absolute Gasteiger partial charge is 0.509 e. The lowest BCUT2D eigenvalue weighted by Gasteiger charge is -2.43. The highest BCUT2D eigenvalue weighted by Crippen LogP contribution is 2.37. The average Bonchev–Trinajstić information content (AvgIpc) is 3.20. The highest BCUT2D eigenvalue weighted by Gasteiger charge is 2.50. The summed E-state index contributed by atoms with van der Waals surface area (Å²) in [6.07, 6.45) is -0.750. The molecule has 4 atom stereocenters. The zero-order valence-electron chi connectivity index (χ0n) is 16.0. The number of nitrogen functional groups attached to an aromatic ring is 1. The van der Waals surface area contributed by atoms with Crippen LogP contribution < -0.4 is 5.73 Å². The minimum atomic E-state index is -1.44. The summed E-state index contributed by atoms with van der Waals surface area (Å²) < 4.78 is 17.4. The fourth-order valence-electron chi connectivity index (χ4n) is 3.31. The van der Waals surface area contributed by atoms with Gasteiger partial charge in [0.25, 0.3) is 0 Å². The van der Waals surface area contributed by atoms with Gasteiger partial charge in [0.2, 0.25) is 0 Å². The van der Waals surface area contributed by atoms with Gasteiger partial charge in [-0.25, -0.2) is 24.3 Å². The van der Waals surface area contributed by atoms with Crippen molar-refractivity contribution < 1.29 is 29.2 Å². The van der Waals surface area contributed by atoms with Gasteiger partial charge in [-0.3, -0.25) is 0 Å². The summed E-state index contributed by atoms with van der Waals surface area (Å²) in [6.45, 7) is 1.22. The molecule has 0 saturated carbocycles. The predicted molar refractivity (Wildman–Crippen MR) is 99.8 cm³/mol. The Hall–Kier alpha value is -3.35. The summed E-state index contributed by atoms with van der Waals surface area (Å²) in [5.74, 6) is 0.556. The third-order valence-corrected chi connectivity index (χ3v) is 4.99. The molecule has 1 aliphatic heterocycles. The first kappa shape index (κ1) is 19.9. The first-order valence-corrected chi connectivity index (χ1v) is 9.08. The van der Waals surface area contributed by atoms with E-state index in [0.29, 0.717) is 17.0 Å². The second kappa shape index (κ2) is 7.82. The quantitative estimate of drug-likeness (QED) is 0.481. The van der Waals surface area contributed by atoms with Crippen molar-refractivity contribution in [3.05, 3.63) is 48.4 Å². The molecule has 3 aromatic heterocycles. The van der Waals surface area contributed by atoms with Crippen molar-refractivity contribution in [2.24, 2.45) is 0 Å². The molecule has 4 rings (SSSR count). The van der Waals surface area contributed by atoms with E-state index in [9.17, 15) is 15.0 Å². The fraction of sp³-hybridized carbons (Fsp3) is 0.389. The standard InChI is InChI=1S/C18H20N6O6/c1-18(12-4-3-10-16(19)22-9-23-24(10)12)15(26)14(25)11(7-29-18)30-17(27)28-8-13-20-5-2-6-21-13/h2-6,9,11,14-15,25-26H,7-8H2,1H3,(H2,19,22,23)/t11-,14?,15+,18-/m0/s1. The number of fused-ring (bicyclic) bond motifs is 1. The molecule has 12 nitrogen and oxygen atoms in total. The van der Waals surface area contributed by atoms with Crippen molar-refractivity contribution >= 4 is 17.5 Å². The van der Waals surface area contributed by atoms with Crippen molar-refractivity contribution in [3.63, 3.8) is 0 Å². The smallest absolute Gasteiger partial charge is 0.426 e. The topological polar surface area (TPSA) is 167 Å². The second-order valence-corrected chi connectivity index (χ2v) is 6.87. The number of hydrogen-bond donors (Lipinski definition) is 3. The molecule has 0 spiro atoms. The van der Waals surface area contributed by atoms with Gasteiger partial charge in [-0.05, 0) is 25.1 Å². The minimum absolute atomic E-state index is 0.181. The molecule has 1 unspecified atom stereocenters. The minimum Gasteiger partial charge on any atom is -0.426 e. The summed E-state index contributed by atoms with van der Waals surface area (Å²) in [7, 11) is 0. The SMILES string of the molecule is C[C@@]1(c2ccc3c(N)ncnn23)OC[C@H](OC(=O)OCc2ncccn2)C(O)[C@H]1O. The third kappa shape index (κ3) is 3.51. The number of nitrogens with zero attached hydrogens (tertiary/aromatic N) is 5. The molecule has 4 heterocycles. The van der Waals surface area contributed by atoms with Crippen LogP contribution in [0.5, 0.6) is 0 Å². The summed E-state index contributed by atoms with van der Waals surface area (Å²) in [6, 6.07) is 4.99. The summed E-state index contributed by atoms with van der Waals surface area (Å²) >= 11 is 0. The number of rotatable bonds is 4. The number of carbonyl (C=O) groups is 1. The lowest BCUT2D eigenvalue weighted by molar-refractivity contribution is -0.239. The molecule has 1 saturated heterocycles. The Kier molecular flexibility index (Phi) is 5.20. The van der Waals surface area contributed by atoms with Crippen molar-refractivity contribution in [1.82, 2.24) is 24.6 Å². The number of hydrogen-bond acceptors (Lipinski definition) is 11. The Morgan fingerprint density at radius 1 is 1.33 bits per heavy atom. The van der Waals surface area contributed by atoms with Gasteiger partial charge in [0.1, 0.15) is 29.7 Å². The van der Waals surface area contributed by atoms with Crippen molar-refractivity contribution in [3.8, 4) is 0 Å².